The molecular formula is C16H23NO3. The standard InChI is InChI=1S/C16H23NO3/c1-14(19)20-12-8-4-3-7-11-17(2)16-10-6-5-9-15(16)13-18/h5-6,9-10,13H,3-4,7-8,11-12H2,1-2H3. The molecule has 20 heavy (non-hydrogen) atoms. The van der Waals surface area contributed by atoms with Crippen molar-refractivity contribution in [2.45, 2.75) is 32.6 Å². The molecule has 0 bridgehead atoms. The third kappa shape index (κ3) is 5.87. The molecule has 110 valence electrons. The van der Waals surface area contributed by atoms with Crippen molar-refractivity contribution in [1.29, 1.82) is 0 Å². The van der Waals surface area contributed by atoms with Crippen LogP contribution in [0, 0.1) is 0 Å². The van der Waals surface area contributed by atoms with Crippen molar-refractivity contribution in [3.05, 3.63) is 29.8 Å². The number of rotatable bonds is 9. The highest BCUT2D eigenvalue weighted by Gasteiger charge is 2.05. The highest BCUT2D eigenvalue weighted by atomic mass is 16.5. The van der Waals surface area contributed by atoms with E-state index in [1.54, 1.807) is 0 Å². The van der Waals surface area contributed by atoms with E-state index in [4.69, 9.17) is 4.74 Å². The zero-order valence-electron chi connectivity index (χ0n) is 12.3. The molecule has 0 N–H and O–H groups in total. The number of unbranched alkanes of at least 4 members (excludes halogenated alkanes) is 3. The van der Waals surface area contributed by atoms with Gasteiger partial charge in [-0.05, 0) is 31.4 Å². The summed E-state index contributed by atoms with van der Waals surface area (Å²) in [7, 11) is 2.00. The average Bonchev–Trinajstić information content (AvgIpc) is 2.45. The van der Waals surface area contributed by atoms with E-state index in [0.717, 1.165) is 49.8 Å². The van der Waals surface area contributed by atoms with Crippen LogP contribution >= 0.6 is 0 Å². The minimum atomic E-state index is -0.213. The fourth-order valence-corrected chi connectivity index (χ4v) is 2.08. The van der Waals surface area contributed by atoms with Crippen LogP contribution in [-0.4, -0.2) is 32.5 Å². The average molecular weight is 277 g/mol. The van der Waals surface area contributed by atoms with Crippen molar-refractivity contribution in [1.82, 2.24) is 0 Å². The zero-order valence-corrected chi connectivity index (χ0v) is 12.3. The van der Waals surface area contributed by atoms with Gasteiger partial charge in [0.1, 0.15) is 0 Å². The largest absolute Gasteiger partial charge is 0.466 e. The number of carbonyl (C=O) groups is 2. The predicted molar refractivity (Wildman–Crippen MR) is 80.2 cm³/mol. The van der Waals surface area contributed by atoms with Gasteiger partial charge >= 0.3 is 5.97 Å². The molecule has 0 radical (unpaired) electrons. The monoisotopic (exact) mass is 277 g/mol. The van der Waals surface area contributed by atoms with Crippen LogP contribution in [0.5, 0.6) is 0 Å². The number of ether oxygens (including phenoxy) is 1. The summed E-state index contributed by atoms with van der Waals surface area (Å²) in [5.41, 5.74) is 1.70. The molecule has 0 saturated heterocycles. The lowest BCUT2D eigenvalue weighted by Gasteiger charge is -2.20. The molecule has 1 rings (SSSR count). The van der Waals surface area contributed by atoms with Gasteiger partial charge in [-0.15, -0.1) is 0 Å². The van der Waals surface area contributed by atoms with E-state index in [1.807, 2.05) is 31.3 Å². The SMILES string of the molecule is CC(=O)OCCCCCCN(C)c1ccccc1C=O. The Morgan fingerprint density at radius 1 is 1.20 bits per heavy atom. The lowest BCUT2D eigenvalue weighted by atomic mass is 10.1. The van der Waals surface area contributed by atoms with Gasteiger partial charge in [0, 0.05) is 31.8 Å². The van der Waals surface area contributed by atoms with Gasteiger partial charge in [0.05, 0.1) is 6.61 Å². The van der Waals surface area contributed by atoms with E-state index < -0.39 is 0 Å². The summed E-state index contributed by atoms with van der Waals surface area (Å²) in [5.74, 6) is -0.213. The minimum absolute atomic E-state index is 0.213. The predicted octanol–water partition coefficient (Wildman–Crippen LogP) is 3.06. The number of esters is 1. The van der Waals surface area contributed by atoms with E-state index in [2.05, 4.69) is 4.90 Å². The first-order valence-corrected chi connectivity index (χ1v) is 7.04. The third-order valence-electron chi connectivity index (χ3n) is 3.17. The summed E-state index contributed by atoms with van der Waals surface area (Å²) in [6.07, 6.45) is 5.01. The number of benzene rings is 1. The lowest BCUT2D eigenvalue weighted by Crippen LogP contribution is -2.19. The van der Waals surface area contributed by atoms with Gasteiger partial charge in [0.2, 0.25) is 0 Å². The molecule has 1 aromatic rings. The summed E-state index contributed by atoms with van der Waals surface area (Å²) < 4.78 is 4.88. The Hall–Kier alpha value is -1.84. The number of hydrogen-bond donors (Lipinski definition) is 0. The van der Waals surface area contributed by atoms with Crippen molar-refractivity contribution in [3.63, 3.8) is 0 Å². The second-order valence-corrected chi connectivity index (χ2v) is 4.85. The van der Waals surface area contributed by atoms with Crippen molar-refractivity contribution < 1.29 is 14.3 Å². The van der Waals surface area contributed by atoms with Crippen LogP contribution in [-0.2, 0) is 9.53 Å². The minimum Gasteiger partial charge on any atom is -0.466 e. The molecule has 4 heteroatoms. The maximum absolute atomic E-state index is 11.0. The first-order valence-electron chi connectivity index (χ1n) is 7.04. The van der Waals surface area contributed by atoms with E-state index in [1.165, 1.54) is 6.92 Å². The molecule has 0 aliphatic carbocycles. The van der Waals surface area contributed by atoms with Crippen molar-refractivity contribution in [2.24, 2.45) is 0 Å². The van der Waals surface area contributed by atoms with Crippen LogP contribution in [0.25, 0.3) is 0 Å². The van der Waals surface area contributed by atoms with Crippen LogP contribution in [0.4, 0.5) is 5.69 Å². The highest BCUT2D eigenvalue weighted by molar-refractivity contribution is 5.84. The fraction of sp³-hybridized carbons (Fsp3) is 0.500. The molecule has 0 aliphatic heterocycles. The number of anilines is 1. The summed E-state index contributed by atoms with van der Waals surface area (Å²) >= 11 is 0. The Kier molecular flexibility index (Phi) is 7.40. The second-order valence-electron chi connectivity index (χ2n) is 4.85. The normalized spacial score (nSPS) is 10.1. The molecule has 0 fully saturated rings. The molecule has 0 unspecified atom stereocenters. The van der Waals surface area contributed by atoms with Crippen LogP contribution in [0.1, 0.15) is 43.0 Å². The zero-order chi connectivity index (χ0) is 14.8. The smallest absolute Gasteiger partial charge is 0.302 e. The maximum atomic E-state index is 11.0. The lowest BCUT2D eigenvalue weighted by molar-refractivity contribution is -0.141. The molecule has 0 heterocycles. The van der Waals surface area contributed by atoms with Gasteiger partial charge in [0.15, 0.2) is 6.29 Å². The van der Waals surface area contributed by atoms with Crippen molar-refractivity contribution >= 4 is 17.9 Å². The van der Waals surface area contributed by atoms with E-state index >= 15 is 0 Å². The summed E-state index contributed by atoms with van der Waals surface area (Å²) in [6.45, 7) is 2.86. The number of aldehydes is 1. The molecule has 0 saturated carbocycles. The summed E-state index contributed by atoms with van der Waals surface area (Å²) in [5, 5.41) is 0. The Morgan fingerprint density at radius 3 is 2.60 bits per heavy atom. The van der Waals surface area contributed by atoms with E-state index in [-0.39, 0.29) is 5.97 Å². The Morgan fingerprint density at radius 2 is 1.90 bits per heavy atom. The Bertz CT molecular complexity index is 431. The summed E-state index contributed by atoms with van der Waals surface area (Å²) in [4.78, 5) is 23.7. The molecule has 0 aromatic heterocycles. The second kappa shape index (κ2) is 9.13. The molecular weight excluding hydrogens is 254 g/mol. The van der Waals surface area contributed by atoms with Crippen LogP contribution in [0.3, 0.4) is 0 Å². The van der Waals surface area contributed by atoms with Gasteiger partial charge in [-0.1, -0.05) is 18.6 Å². The van der Waals surface area contributed by atoms with Gasteiger partial charge < -0.3 is 9.64 Å². The number of nitrogens with zero attached hydrogens (tertiary/aromatic N) is 1. The van der Waals surface area contributed by atoms with Crippen molar-refractivity contribution in [2.75, 3.05) is 25.1 Å². The molecule has 0 amide bonds. The summed E-state index contributed by atoms with van der Waals surface area (Å²) in [6, 6.07) is 7.61. The fourth-order valence-electron chi connectivity index (χ4n) is 2.08. The van der Waals surface area contributed by atoms with Gasteiger partial charge in [-0.2, -0.15) is 0 Å². The first-order chi connectivity index (χ1) is 9.65. The van der Waals surface area contributed by atoms with Crippen molar-refractivity contribution in [3.8, 4) is 0 Å². The number of para-hydroxylation sites is 1. The highest BCUT2D eigenvalue weighted by Crippen LogP contribution is 2.17. The molecule has 4 nitrogen and oxygen atoms in total. The van der Waals surface area contributed by atoms with Crippen LogP contribution < -0.4 is 4.90 Å². The van der Waals surface area contributed by atoms with E-state index in [0.29, 0.717) is 6.61 Å². The van der Waals surface area contributed by atoms with Gasteiger partial charge in [0.25, 0.3) is 0 Å². The molecule has 0 atom stereocenters. The Balaban J connectivity index is 2.21. The quantitative estimate of drug-likeness (QED) is 0.395. The maximum Gasteiger partial charge on any atom is 0.302 e. The number of hydrogen-bond acceptors (Lipinski definition) is 4. The Labute approximate surface area is 120 Å². The number of carbonyl (C=O) groups excluding carboxylic acids is 2. The molecule has 1 aromatic carbocycles. The molecule has 0 aliphatic rings. The van der Waals surface area contributed by atoms with E-state index in [9.17, 15) is 9.59 Å². The topological polar surface area (TPSA) is 46.6 Å². The third-order valence-corrected chi connectivity index (χ3v) is 3.17. The van der Waals surface area contributed by atoms with Gasteiger partial charge in [-0.3, -0.25) is 9.59 Å². The van der Waals surface area contributed by atoms with Gasteiger partial charge in [-0.25, -0.2) is 0 Å². The molecule has 0 spiro atoms. The first kappa shape index (κ1) is 16.2. The van der Waals surface area contributed by atoms with Crippen LogP contribution in [0.15, 0.2) is 24.3 Å². The van der Waals surface area contributed by atoms with Crippen LogP contribution in [0.2, 0.25) is 0 Å².